The normalized spacial score (nSPS) is 15.5. The molecule has 0 saturated carbocycles. The number of dihydropyridines is 1. The summed E-state index contributed by atoms with van der Waals surface area (Å²) in [6.45, 7) is -2.01. The van der Waals surface area contributed by atoms with Crippen LogP contribution in [-0.4, -0.2) is 42.6 Å². The highest BCUT2D eigenvalue weighted by molar-refractivity contribution is 5.91. The first-order valence-corrected chi connectivity index (χ1v) is 10.1. The van der Waals surface area contributed by atoms with E-state index in [4.69, 9.17) is 4.74 Å². The monoisotopic (exact) mass is 459 g/mol. The summed E-state index contributed by atoms with van der Waals surface area (Å²) >= 11 is 0. The minimum atomic E-state index is -3.13. The summed E-state index contributed by atoms with van der Waals surface area (Å²) in [6.07, 6.45) is 2.38. The number of hydrogen-bond acceptors (Lipinski definition) is 7. The molecule has 2 aromatic rings. The molecule has 0 saturated heterocycles. The summed E-state index contributed by atoms with van der Waals surface area (Å²) < 4.78 is 35.7. The van der Waals surface area contributed by atoms with Gasteiger partial charge < -0.3 is 14.8 Å². The van der Waals surface area contributed by atoms with Gasteiger partial charge in [0.15, 0.2) is 0 Å². The molecule has 1 aliphatic heterocycles. The third-order valence-electron chi connectivity index (χ3n) is 4.97. The molecule has 0 bridgehead atoms. The fourth-order valence-corrected chi connectivity index (χ4v) is 3.48. The van der Waals surface area contributed by atoms with Gasteiger partial charge in [-0.05, 0) is 18.7 Å². The Kier molecular flexibility index (Phi) is 8.09. The lowest BCUT2D eigenvalue weighted by Crippen LogP contribution is -2.28. The average molecular weight is 459 g/mol. The second kappa shape index (κ2) is 11.2. The molecule has 1 N–H and O–H groups in total. The predicted octanol–water partition coefficient (Wildman–Crippen LogP) is 3.65. The first-order chi connectivity index (χ1) is 15.9. The molecule has 10 heteroatoms. The van der Waals surface area contributed by atoms with Crippen molar-refractivity contribution < 1.29 is 28.0 Å². The van der Waals surface area contributed by atoms with Crippen LogP contribution in [0.25, 0.3) is 0 Å². The number of para-hydroxylation sites is 1. The fourth-order valence-electron chi connectivity index (χ4n) is 3.48. The first kappa shape index (κ1) is 23.9. The molecule has 0 spiro atoms. The van der Waals surface area contributed by atoms with Crippen LogP contribution in [0, 0.1) is 10.1 Å². The van der Waals surface area contributed by atoms with E-state index in [0.717, 1.165) is 11.8 Å². The van der Waals surface area contributed by atoms with Crippen molar-refractivity contribution in [1.29, 1.82) is 0 Å². The molecule has 1 heterocycles. The summed E-state index contributed by atoms with van der Waals surface area (Å²) in [4.78, 5) is 25.8. The van der Waals surface area contributed by atoms with E-state index in [1.54, 1.807) is 0 Å². The van der Waals surface area contributed by atoms with E-state index in [9.17, 15) is 23.7 Å². The second-order valence-electron chi connectivity index (χ2n) is 7.30. The third kappa shape index (κ3) is 6.36. The number of nitro groups is 1. The predicted molar refractivity (Wildman–Crippen MR) is 116 cm³/mol. The smallest absolute Gasteiger partial charge is 0.387 e. The van der Waals surface area contributed by atoms with E-state index >= 15 is 0 Å². The number of carbonyl (C=O) groups excluding carboxylic acids is 1. The number of hydrogen-bond donors (Lipinski definition) is 1. The van der Waals surface area contributed by atoms with Crippen molar-refractivity contribution in [2.75, 3.05) is 20.2 Å². The molecule has 0 aromatic heterocycles. The van der Waals surface area contributed by atoms with E-state index in [1.165, 1.54) is 30.5 Å². The van der Waals surface area contributed by atoms with Gasteiger partial charge in [0.25, 0.3) is 5.70 Å². The maximum absolute atomic E-state index is 12.9. The number of halogens is 2. The number of benzene rings is 2. The summed E-state index contributed by atoms with van der Waals surface area (Å²) in [5.74, 6) is -2.29. The van der Waals surface area contributed by atoms with E-state index in [2.05, 4.69) is 10.1 Å². The van der Waals surface area contributed by atoms with Gasteiger partial charge >= 0.3 is 12.6 Å². The van der Waals surface area contributed by atoms with Crippen LogP contribution in [0.15, 0.2) is 78.3 Å². The maximum atomic E-state index is 12.9. The van der Waals surface area contributed by atoms with E-state index in [1.807, 2.05) is 42.3 Å². The molecule has 1 unspecified atom stereocenters. The summed E-state index contributed by atoms with van der Waals surface area (Å²) in [5, 5.41) is 14.2. The maximum Gasteiger partial charge on any atom is 0.387 e. The Bertz CT molecular complexity index is 1040. The van der Waals surface area contributed by atoms with Crippen molar-refractivity contribution in [3.63, 3.8) is 0 Å². The largest absolute Gasteiger partial charge is 0.461 e. The van der Waals surface area contributed by atoms with Crippen molar-refractivity contribution in [2.45, 2.75) is 19.1 Å². The number of esters is 1. The van der Waals surface area contributed by atoms with Crippen LogP contribution in [0.3, 0.4) is 0 Å². The summed E-state index contributed by atoms with van der Waals surface area (Å²) in [7, 11) is 1.87. The van der Waals surface area contributed by atoms with Crippen molar-refractivity contribution in [1.82, 2.24) is 10.2 Å². The molecule has 0 radical (unpaired) electrons. The van der Waals surface area contributed by atoms with Crippen LogP contribution in [0.2, 0.25) is 0 Å². The Morgan fingerprint density at radius 3 is 2.55 bits per heavy atom. The number of allylic oxidation sites excluding steroid dienone is 1. The van der Waals surface area contributed by atoms with Gasteiger partial charge in [-0.25, -0.2) is 4.79 Å². The van der Waals surface area contributed by atoms with Crippen LogP contribution < -0.4 is 10.1 Å². The standard InChI is InChI=1S/C23H23F2N3O5/c1-27(15-16-7-3-2-4-8-16)11-12-32-22(29)18-13-26-14-19(28(30)31)21(18)17-9-5-6-10-20(17)33-23(24)25/h2-10,13-14,21,23,26H,11-12,15H2,1H3. The van der Waals surface area contributed by atoms with Crippen molar-refractivity contribution in [3.05, 3.63) is 99.5 Å². The number of likely N-dealkylation sites (N-methyl/N-ethyl adjacent to an activating group) is 1. The van der Waals surface area contributed by atoms with Crippen LogP contribution in [0.4, 0.5) is 8.78 Å². The van der Waals surface area contributed by atoms with E-state index in [-0.39, 0.29) is 23.5 Å². The average Bonchev–Trinajstić information content (AvgIpc) is 2.79. The van der Waals surface area contributed by atoms with Gasteiger partial charge in [0, 0.05) is 24.9 Å². The number of rotatable bonds is 10. The first-order valence-electron chi connectivity index (χ1n) is 10.1. The van der Waals surface area contributed by atoms with Gasteiger partial charge in [0.2, 0.25) is 0 Å². The Hall–Kier alpha value is -3.79. The number of nitrogens with zero attached hydrogens (tertiary/aromatic N) is 2. The molecule has 2 aromatic carbocycles. The molecule has 174 valence electrons. The zero-order valence-electron chi connectivity index (χ0n) is 17.8. The molecule has 3 rings (SSSR count). The van der Waals surface area contributed by atoms with Gasteiger partial charge in [0.05, 0.1) is 16.7 Å². The van der Waals surface area contributed by atoms with E-state index in [0.29, 0.717) is 13.1 Å². The Balaban J connectivity index is 1.73. The summed E-state index contributed by atoms with van der Waals surface area (Å²) in [5.41, 5.74) is 0.685. The molecule has 0 aliphatic carbocycles. The molecular formula is C23H23F2N3O5. The highest BCUT2D eigenvalue weighted by Crippen LogP contribution is 2.39. The van der Waals surface area contributed by atoms with Crippen molar-refractivity contribution >= 4 is 5.97 Å². The number of alkyl halides is 2. The zero-order valence-corrected chi connectivity index (χ0v) is 17.8. The second-order valence-corrected chi connectivity index (χ2v) is 7.30. The molecule has 1 atom stereocenters. The zero-order chi connectivity index (χ0) is 23.8. The molecule has 33 heavy (non-hydrogen) atoms. The Morgan fingerprint density at radius 1 is 1.15 bits per heavy atom. The van der Waals surface area contributed by atoms with Gasteiger partial charge in [-0.15, -0.1) is 0 Å². The SMILES string of the molecule is CN(CCOC(=O)C1=CNC=C([N+](=O)[O-])C1c1ccccc1OC(F)F)Cc1ccccc1. The number of carbonyl (C=O) groups is 1. The number of ether oxygens (including phenoxy) is 2. The summed E-state index contributed by atoms with van der Waals surface area (Å²) in [6, 6.07) is 15.4. The van der Waals surface area contributed by atoms with Crippen LogP contribution in [0.5, 0.6) is 5.75 Å². The van der Waals surface area contributed by atoms with Crippen LogP contribution in [0.1, 0.15) is 17.0 Å². The Morgan fingerprint density at radius 2 is 1.85 bits per heavy atom. The molecule has 8 nitrogen and oxygen atoms in total. The van der Waals surface area contributed by atoms with Crippen LogP contribution >= 0.6 is 0 Å². The van der Waals surface area contributed by atoms with Crippen LogP contribution in [-0.2, 0) is 16.1 Å². The Labute approximate surface area is 189 Å². The lowest BCUT2D eigenvalue weighted by molar-refractivity contribution is -0.429. The lowest BCUT2D eigenvalue weighted by Gasteiger charge is -2.23. The minimum absolute atomic E-state index is 0.0406. The third-order valence-corrected chi connectivity index (χ3v) is 4.97. The molecule has 0 fully saturated rings. The van der Waals surface area contributed by atoms with Crippen molar-refractivity contribution in [2.24, 2.45) is 0 Å². The van der Waals surface area contributed by atoms with Gasteiger partial charge in [-0.3, -0.25) is 15.0 Å². The van der Waals surface area contributed by atoms with Crippen molar-refractivity contribution in [3.8, 4) is 5.75 Å². The minimum Gasteiger partial charge on any atom is -0.461 e. The molecule has 1 aliphatic rings. The lowest BCUT2D eigenvalue weighted by atomic mass is 9.87. The highest BCUT2D eigenvalue weighted by Gasteiger charge is 2.38. The number of nitrogens with one attached hydrogen (secondary N) is 1. The van der Waals surface area contributed by atoms with E-state index < -0.39 is 29.1 Å². The highest BCUT2D eigenvalue weighted by atomic mass is 19.3. The fraction of sp³-hybridized carbons (Fsp3) is 0.261. The molecule has 0 amide bonds. The topological polar surface area (TPSA) is 93.9 Å². The molecular weight excluding hydrogens is 436 g/mol. The van der Waals surface area contributed by atoms with Gasteiger partial charge in [-0.2, -0.15) is 8.78 Å². The van der Waals surface area contributed by atoms with Gasteiger partial charge in [-0.1, -0.05) is 48.5 Å². The quantitative estimate of drug-likeness (QED) is 0.329. The van der Waals surface area contributed by atoms with Gasteiger partial charge in [0.1, 0.15) is 18.3 Å².